The van der Waals surface area contributed by atoms with Gasteiger partial charge in [0.25, 0.3) is 0 Å². The second kappa shape index (κ2) is 6.49. The van der Waals surface area contributed by atoms with Crippen LogP contribution in [0.15, 0.2) is 30.9 Å². The van der Waals surface area contributed by atoms with Crippen molar-refractivity contribution in [1.82, 2.24) is 5.32 Å². The molecule has 0 amide bonds. The molecule has 0 aliphatic rings. The van der Waals surface area contributed by atoms with E-state index in [9.17, 15) is 0 Å². The van der Waals surface area contributed by atoms with E-state index in [1.165, 1.54) is 23.1 Å². The quantitative estimate of drug-likeness (QED) is 0.712. The van der Waals surface area contributed by atoms with Crippen LogP contribution in [-0.2, 0) is 0 Å². The average molecular weight is 217 g/mol. The number of benzene rings is 1. The lowest BCUT2D eigenvalue weighted by atomic mass is 9.94. The van der Waals surface area contributed by atoms with Crippen LogP contribution in [0, 0.1) is 13.8 Å². The lowest BCUT2D eigenvalue weighted by molar-refractivity contribution is 0.533. The van der Waals surface area contributed by atoms with E-state index in [2.05, 4.69) is 50.9 Å². The highest BCUT2D eigenvalue weighted by atomic mass is 14.9. The van der Waals surface area contributed by atoms with E-state index in [0.717, 1.165) is 13.0 Å². The number of rotatable bonds is 6. The minimum atomic E-state index is 0.415. The molecule has 16 heavy (non-hydrogen) atoms. The molecule has 1 rings (SSSR count). The van der Waals surface area contributed by atoms with Crippen LogP contribution in [0.3, 0.4) is 0 Å². The monoisotopic (exact) mass is 217 g/mol. The number of hydrogen-bond donors (Lipinski definition) is 1. The average Bonchev–Trinajstić information content (AvgIpc) is 2.25. The summed E-state index contributed by atoms with van der Waals surface area (Å²) in [5, 5.41) is 3.60. The zero-order valence-electron chi connectivity index (χ0n) is 10.7. The standard InChI is InChI=1S/C15H23N/c1-5-8-14(16-11-6-2)15-12(3)9-7-10-13(15)4/h5,7,9-10,14,16H,1,6,8,11H2,2-4H3. The summed E-state index contributed by atoms with van der Waals surface area (Å²) in [5.74, 6) is 0. The van der Waals surface area contributed by atoms with E-state index < -0.39 is 0 Å². The van der Waals surface area contributed by atoms with E-state index >= 15 is 0 Å². The van der Waals surface area contributed by atoms with Crippen LogP contribution in [-0.4, -0.2) is 6.54 Å². The number of hydrogen-bond acceptors (Lipinski definition) is 1. The Morgan fingerprint density at radius 3 is 2.44 bits per heavy atom. The first-order valence-electron chi connectivity index (χ1n) is 6.11. The molecule has 0 radical (unpaired) electrons. The molecule has 1 unspecified atom stereocenters. The van der Waals surface area contributed by atoms with Gasteiger partial charge in [-0.2, -0.15) is 0 Å². The summed E-state index contributed by atoms with van der Waals surface area (Å²) >= 11 is 0. The second-order valence-corrected chi connectivity index (χ2v) is 4.34. The van der Waals surface area contributed by atoms with Crippen LogP contribution < -0.4 is 5.32 Å². The van der Waals surface area contributed by atoms with Gasteiger partial charge < -0.3 is 5.32 Å². The topological polar surface area (TPSA) is 12.0 Å². The molecule has 0 saturated carbocycles. The fraction of sp³-hybridized carbons (Fsp3) is 0.467. The Labute approximate surface area is 99.6 Å². The van der Waals surface area contributed by atoms with E-state index in [4.69, 9.17) is 0 Å². The summed E-state index contributed by atoms with van der Waals surface area (Å²) in [4.78, 5) is 0. The highest BCUT2D eigenvalue weighted by molar-refractivity contribution is 5.36. The smallest absolute Gasteiger partial charge is 0.0360 e. The van der Waals surface area contributed by atoms with Gasteiger partial charge in [0.1, 0.15) is 0 Å². The molecule has 0 saturated heterocycles. The van der Waals surface area contributed by atoms with Gasteiger partial charge in [0.2, 0.25) is 0 Å². The first kappa shape index (κ1) is 13.0. The number of aryl methyl sites for hydroxylation is 2. The van der Waals surface area contributed by atoms with Crippen LogP contribution in [0.25, 0.3) is 0 Å². The molecule has 0 heterocycles. The lowest BCUT2D eigenvalue weighted by Crippen LogP contribution is -2.23. The van der Waals surface area contributed by atoms with E-state index in [1.807, 2.05) is 6.08 Å². The molecule has 1 aromatic carbocycles. The molecule has 1 aromatic rings. The molecule has 0 spiro atoms. The zero-order valence-corrected chi connectivity index (χ0v) is 10.7. The highest BCUT2D eigenvalue weighted by Gasteiger charge is 2.13. The second-order valence-electron chi connectivity index (χ2n) is 4.34. The van der Waals surface area contributed by atoms with Gasteiger partial charge in [0.15, 0.2) is 0 Å². The third-order valence-corrected chi connectivity index (χ3v) is 2.93. The van der Waals surface area contributed by atoms with Crippen molar-refractivity contribution in [3.05, 3.63) is 47.5 Å². The Morgan fingerprint density at radius 1 is 1.31 bits per heavy atom. The maximum absolute atomic E-state index is 3.85. The summed E-state index contributed by atoms with van der Waals surface area (Å²) in [5.41, 5.74) is 4.18. The summed E-state index contributed by atoms with van der Waals surface area (Å²) in [6, 6.07) is 6.91. The van der Waals surface area contributed by atoms with Crippen molar-refractivity contribution in [3.63, 3.8) is 0 Å². The molecule has 0 aliphatic carbocycles. The van der Waals surface area contributed by atoms with Crippen molar-refractivity contribution >= 4 is 0 Å². The molecule has 88 valence electrons. The fourth-order valence-electron chi connectivity index (χ4n) is 2.17. The number of nitrogens with one attached hydrogen (secondary N) is 1. The largest absolute Gasteiger partial charge is 0.310 e. The first-order valence-corrected chi connectivity index (χ1v) is 6.11. The minimum Gasteiger partial charge on any atom is -0.310 e. The van der Waals surface area contributed by atoms with Crippen LogP contribution in [0.5, 0.6) is 0 Å². The maximum atomic E-state index is 3.85. The molecular weight excluding hydrogens is 194 g/mol. The third kappa shape index (κ3) is 3.21. The molecule has 0 aliphatic heterocycles. The minimum absolute atomic E-state index is 0.415. The maximum Gasteiger partial charge on any atom is 0.0360 e. The van der Waals surface area contributed by atoms with Crippen molar-refractivity contribution in [2.45, 2.75) is 39.7 Å². The molecule has 1 nitrogen and oxygen atoms in total. The summed E-state index contributed by atoms with van der Waals surface area (Å²) < 4.78 is 0. The van der Waals surface area contributed by atoms with Crippen molar-refractivity contribution in [1.29, 1.82) is 0 Å². The molecule has 0 aromatic heterocycles. The van der Waals surface area contributed by atoms with Crippen LogP contribution in [0.1, 0.15) is 42.5 Å². The Hall–Kier alpha value is -1.08. The van der Waals surface area contributed by atoms with Gasteiger partial charge in [-0.25, -0.2) is 0 Å². The lowest BCUT2D eigenvalue weighted by Gasteiger charge is -2.21. The van der Waals surface area contributed by atoms with Crippen LogP contribution in [0.4, 0.5) is 0 Å². The van der Waals surface area contributed by atoms with Gasteiger partial charge in [0, 0.05) is 6.04 Å². The Kier molecular flexibility index (Phi) is 5.27. The SMILES string of the molecule is C=CCC(NCCC)c1c(C)cccc1C. The first-order chi connectivity index (χ1) is 7.70. The molecule has 0 bridgehead atoms. The van der Waals surface area contributed by atoms with Gasteiger partial charge in [-0.05, 0) is 49.9 Å². The van der Waals surface area contributed by atoms with Crippen molar-refractivity contribution in [2.75, 3.05) is 6.54 Å². The zero-order chi connectivity index (χ0) is 12.0. The van der Waals surface area contributed by atoms with Gasteiger partial charge >= 0.3 is 0 Å². The van der Waals surface area contributed by atoms with Crippen molar-refractivity contribution in [3.8, 4) is 0 Å². The fourth-order valence-corrected chi connectivity index (χ4v) is 2.17. The van der Waals surface area contributed by atoms with E-state index in [0.29, 0.717) is 6.04 Å². The van der Waals surface area contributed by atoms with Crippen molar-refractivity contribution < 1.29 is 0 Å². The van der Waals surface area contributed by atoms with Gasteiger partial charge in [-0.15, -0.1) is 6.58 Å². The van der Waals surface area contributed by atoms with E-state index in [-0.39, 0.29) is 0 Å². The van der Waals surface area contributed by atoms with Crippen molar-refractivity contribution in [2.24, 2.45) is 0 Å². The Morgan fingerprint density at radius 2 is 1.94 bits per heavy atom. The molecule has 0 fully saturated rings. The molecular formula is C15H23N. The Bertz CT molecular complexity index is 321. The summed E-state index contributed by atoms with van der Waals surface area (Å²) in [6.07, 6.45) is 4.16. The Balaban J connectivity index is 2.94. The normalized spacial score (nSPS) is 12.4. The predicted molar refractivity (Wildman–Crippen MR) is 71.8 cm³/mol. The molecule has 1 atom stereocenters. The third-order valence-electron chi connectivity index (χ3n) is 2.93. The van der Waals surface area contributed by atoms with Gasteiger partial charge in [0.05, 0.1) is 0 Å². The van der Waals surface area contributed by atoms with Gasteiger partial charge in [-0.1, -0.05) is 31.2 Å². The molecule has 1 N–H and O–H groups in total. The van der Waals surface area contributed by atoms with Gasteiger partial charge in [-0.3, -0.25) is 0 Å². The van der Waals surface area contributed by atoms with E-state index in [1.54, 1.807) is 0 Å². The van der Waals surface area contributed by atoms with Crippen LogP contribution >= 0.6 is 0 Å². The van der Waals surface area contributed by atoms with Crippen LogP contribution in [0.2, 0.25) is 0 Å². The highest BCUT2D eigenvalue weighted by Crippen LogP contribution is 2.24. The molecule has 1 heteroatoms. The summed E-state index contributed by atoms with van der Waals surface area (Å²) in [7, 11) is 0. The predicted octanol–water partition coefficient (Wildman–Crippen LogP) is 3.92. The summed E-state index contributed by atoms with van der Waals surface area (Å²) in [6.45, 7) is 11.5.